The average molecular weight is 459 g/mol. The minimum Gasteiger partial charge on any atom is -0.388 e. The molecule has 3 atom stereocenters. The minimum absolute atomic E-state index is 0.245. The van der Waals surface area contributed by atoms with E-state index in [2.05, 4.69) is 36.0 Å². The quantitative estimate of drug-likeness (QED) is 0.682. The second-order valence-electron chi connectivity index (χ2n) is 9.73. The normalized spacial score (nSPS) is 26.1. The number of pyridine rings is 1. The van der Waals surface area contributed by atoms with Crippen LogP contribution in [-0.4, -0.2) is 65.8 Å². The Labute approximate surface area is 195 Å². The lowest BCUT2D eigenvalue weighted by atomic mass is 9.79. The number of carbonyl (C=O) groups excluding carboxylic acids is 1. The molecule has 2 aromatic rings. The predicted molar refractivity (Wildman–Crippen MR) is 131 cm³/mol. The highest BCUT2D eigenvalue weighted by Crippen LogP contribution is 2.32. The molecule has 32 heavy (non-hydrogen) atoms. The Balaban J connectivity index is 1.52. The van der Waals surface area contributed by atoms with Crippen molar-refractivity contribution in [1.82, 2.24) is 15.2 Å². The van der Waals surface area contributed by atoms with Crippen molar-refractivity contribution in [3.05, 3.63) is 34.9 Å². The van der Waals surface area contributed by atoms with Gasteiger partial charge in [0.2, 0.25) is 0 Å². The summed E-state index contributed by atoms with van der Waals surface area (Å²) in [5.41, 5.74) is 0.350. The zero-order valence-corrected chi connectivity index (χ0v) is 20.2. The largest absolute Gasteiger partial charge is 0.388 e. The Kier molecular flexibility index (Phi) is 6.94. The summed E-state index contributed by atoms with van der Waals surface area (Å²) in [5, 5.41) is 15.0. The van der Waals surface area contributed by atoms with E-state index in [0.717, 1.165) is 62.0 Å². The van der Waals surface area contributed by atoms with Crippen LogP contribution in [0.5, 0.6) is 0 Å². The number of anilines is 1. The highest BCUT2D eigenvalue weighted by Gasteiger charge is 2.33. The molecule has 0 spiro atoms. The highest BCUT2D eigenvalue weighted by molar-refractivity contribution is 6.35. The maximum absolute atomic E-state index is 13.1. The molecule has 1 aliphatic heterocycles. The van der Waals surface area contributed by atoms with E-state index in [-0.39, 0.29) is 12.5 Å². The van der Waals surface area contributed by atoms with E-state index < -0.39 is 5.60 Å². The monoisotopic (exact) mass is 458 g/mol. The second kappa shape index (κ2) is 9.54. The summed E-state index contributed by atoms with van der Waals surface area (Å²) < 4.78 is 0. The number of hydrogen-bond acceptors (Lipinski definition) is 5. The molecule has 1 aromatic carbocycles. The molecule has 1 saturated carbocycles. The molecule has 1 saturated heterocycles. The molecule has 2 heterocycles. The topological polar surface area (TPSA) is 68.7 Å². The number of benzene rings is 1. The molecule has 6 nitrogen and oxygen atoms in total. The van der Waals surface area contributed by atoms with Gasteiger partial charge >= 0.3 is 0 Å². The van der Waals surface area contributed by atoms with Gasteiger partial charge in [-0.15, -0.1) is 0 Å². The molecule has 4 rings (SSSR count). The first-order valence-corrected chi connectivity index (χ1v) is 12.2. The van der Waals surface area contributed by atoms with Gasteiger partial charge in [0.25, 0.3) is 5.91 Å². The van der Waals surface area contributed by atoms with Gasteiger partial charge < -0.3 is 20.2 Å². The van der Waals surface area contributed by atoms with Crippen LogP contribution in [0.25, 0.3) is 10.9 Å². The van der Waals surface area contributed by atoms with E-state index in [4.69, 9.17) is 16.6 Å². The number of nitrogens with zero attached hydrogens (tertiary/aromatic N) is 3. The molecule has 1 aromatic heterocycles. The van der Waals surface area contributed by atoms with E-state index in [1.54, 1.807) is 6.07 Å². The van der Waals surface area contributed by atoms with Crippen molar-refractivity contribution in [3.63, 3.8) is 0 Å². The lowest BCUT2D eigenvalue weighted by Gasteiger charge is -2.35. The standard InChI is InChI=1S/C25H35ClN4O2/c1-4-29(3)18-11-13-30(15-18)22-10-7-19-21(28-22)9-8-20(26)23(19)24(31)27-16-25(32)12-5-6-17(2)14-25/h7-10,17-18,32H,4-6,11-16H2,1-3H3,(H,27,31)/t17-,18?,25?/m0/s1. The molecular weight excluding hydrogens is 424 g/mol. The lowest BCUT2D eigenvalue weighted by molar-refractivity contribution is -0.0109. The Hall–Kier alpha value is -1.89. The zero-order valence-electron chi connectivity index (χ0n) is 19.4. The number of carbonyl (C=O) groups is 1. The summed E-state index contributed by atoms with van der Waals surface area (Å²) >= 11 is 6.45. The van der Waals surface area contributed by atoms with Crippen LogP contribution < -0.4 is 10.2 Å². The first-order valence-electron chi connectivity index (χ1n) is 11.8. The summed E-state index contributed by atoms with van der Waals surface area (Å²) in [6.45, 7) is 7.55. The Bertz CT molecular complexity index is 984. The number of likely N-dealkylation sites (N-methyl/N-ethyl adjacent to an activating group) is 1. The van der Waals surface area contributed by atoms with Crippen molar-refractivity contribution in [2.24, 2.45) is 5.92 Å². The molecule has 174 valence electrons. The molecule has 2 fully saturated rings. The molecule has 2 unspecified atom stereocenters. The molecule has 0 bridgehead atoms. The number of rotatable bonds is 6. The maximum atomic E-state index is 13.1. The van der Waals surface area contributed by atoms with Gasteiger partial charge in [0.05, 0.1) is 21.7 Å². The number of amides is 1. The van der Waals surface area contributed by atoms with E-state index >= 15 is 0 Å². The molecule has 7 heteroatoms. The number of fused-ring (bicyclic) bond motifs is 1. The molecule has 1 aliphatic carbocycles. The molecule has 2 N–H and O–H groups in total. The van der Waals surface area contributed by atoms with Crippen molar-refractivity contribution in [2.75, 3.05) is 38.1 Å². The van der Waals surface area contributed by atoms with Crippen LogP contribution >= 0.6 is 11.6 Å². The van der Waals surface area contributed by atoms with Gasteiger partial charge in [-0.25, -0.2) is 4.98 Å². The number of aliphatic hydroxyl groups is 1. The van der Waals surface area contributed by atoms with E-state index in [1.165, 1.54) is 0 Å². The van der Waals surface area contributed by atoms with Crippen molar-refractivity contribution >= 4 is 34.2 Å². The molecule has 1 amide bonds. The summed E-state index contributed by atoms with van der Waals surface area (Å²) in [5.74, 6) is 1.15. The zero-order chi connectivity index (χ0) is 22.9. The fraction of sp³-hybridized carbons (Fsp3) is 0.600. The first-order chi connectivity index (χ1) is 15.3. The predicted octanol–water partition coefficient (Wildman–Crippen LogP) is 4.09. The van der Waals surface area contributed by atoms with Gasteiger partial charge in [0.1, 0.15) is 5.82 Å². The maximum Gasteiger partial charge on any atom is 0.253 e. The van der Waals surface area contributed by atoms with Crippen LogP contribution in [0.15, 0.2) is 24.3 Å². The molecule has 0 radical (unpaired) electrons. The fourth-order valence-corrected chi connectivity index (χ4v) is 5.52. The Morgan fingerprint density at radius 2 is 2.16 bits per heavy atom. The summed E-state index contributed by atoms with van der Waals surface area (Å²) in [6, 6.07) is 8.09. The van der Waals surface area contributed by atoms with Gasteiger partial charge in [-0.1, -0.05) is 38.3 Å². The third-order valence-electron chi connectivity index (χ3n) is 7.29. The van der Waals surface area contributed by atoms with Crippen molar-refractivity contribution < 1.29 is 9.90 Å². The van der Waals surface area contributed by atoms with Crippen LogP contribution in [0.4, 0.5) is 5.82 Å². The third kappa shape index (κ3) is 4.87. The van der Waals surface area contributed by atoms with Crippen LogP contribution in [0.3, 0.4) is 0 Å². The lowest BCUT2D eigenvalue weighted by Crippen LogP contribution is -2.45. The van der Waals surface area contributed by atoms with Gasteiger partial charge in [-0.3, -0.25) is 4.79 Å². The molecular formula is C25H35ClN4O2. The molecule has 2 aliphatic rings. The smallest absolute Gasteiger partial charge is 0.253 e. The van der Waals surface area contributed by atoms with Gasteiger partial charge in [-0.05, 0) is 63.0 Å². The number of halogens is 1. The van der Waals surface area contributed by atoms with E-state index in [1.807, 2.05) is 18.2 Å². The highest BCUT2D eigenvalue weighted by atomic mass is 35.5. The summed E-state index contributed by atoms with van der Waals surface area (Å²) in [7, 11) is 2.17. The summed E-state index contributed by atoms with van der Waals surface area (Å²) in [4.78, 5) is 22.6. The second-order valence-corrected chi connectivity index (χ2v) is 10.1. The SMILES string of the molecule is CCN(C)C1CCN(c2ccc3c(C(=O)NCC4(O)CCC[C@H](C)C4)c(Cl)ccc3n2)C1. The van der Waals surface area contributed by atoms with Crippen LogP contribution in [-0.2, 0) is 0 Å². The van der Waals surface area contributed by atoms with Crippen LogP contribution in [0.2, 0.25) is 5.02 Å². The van der Waals surface area contributed by atoms with Gasteiger partial charge in [0, 0.05) is 31.1 Å². The average Bonchev–Trinajstić information content (AvgIpc) is 3.27. The van der Waals surface area contributed by atoms with Gasteiger partial charge in [0.15, 0.2) is 0 Å². The van der Waals surface area contributed by atoms with E-state index in [0.29, 0.717) is 29.0 Å². The van der Waals surface area contributed by atoms with E-state index in [9.17, 15) is 9.90 Å². The van der Waals surface area contributed by atoms with Crippen molar-refractivity contribution in [2.45, 2.75) is 57.6 Å². The third-order valence-corrected chi connectivity index (χ3v) is 7.60. The number of aromatic nitrogens is 1. The van der Waals surface area contributed by atoms with Crippen molar-refractivity contribution in [1.29, 1.82) is 0 Å². The van der Waals surface area contributed by atoms with Crippen molar-refractivity contribution in [3.8, 4) is 0 Å². The Morgan fingerprint density at radius 1 is 1.34 bits per heavy atom. The first kappa shape index (κ1) is 23.3. The number of nitrogens with one attached hydrogen (secondary N) is 1. The van der Waals surface area contributed by atoms with Crippen LogP contribution in [0, 0.1) is 5.92 Å². The Morgan fingerprint density at radius 3 is 2.91 bits per heavy atom. The van der Waals surface area contributed by atoms with Crippen LogP contribution in [0.1, 0.15) is 56.3 Å². The number of hydrogen-bond donors (Lipinski definition) is 2. The minimum atomic E-state index is -0.840. The fourth-order valence-electron chi connectivity index (χ4n) is 5.27. The van der Waals surface area contributed by atoms with Gasteiger partial charge in [-0.2, -0.15) is 0 Å². The summed E-state index contributed by atoms with van der Waals surface area (Å²) in [6.07, 6.45) is 4.67.